The highest BCUT2D eigenvalue weighted by atomic mass is 35.5. The van der Waals surface area contributed by atoms with Crippen molar-refractivity contribution >= 4 is 40.7 Å². The van der Waals surface area contributed by atoms with Crippen LogP contribution in [0.15, 0.2) is 53.7 Å². The molecule has 1 unspecified atom stereocenters. The van der Waals surface area contributed by atoms with Crippen LogP contribution in [-0.4, -0.2) is 25.6 Å². The first-order valence-electron chi connectivity index (χ1n) is 8.70. The monoisotopic (exact) mass is 444 g/mol. The molecule has 2 aromatic carbocycles. The van der Waals surface area contributed by atoms with E-state index in [9.17, 15) is 14.9 Å². The summed E-state index contributed by atoms with van der Waals surface area (Å²) in [7, 11) is 0. The lowest BCUT2D eigenvalue weighted by atomic mass is 9.94. The Bertz CT molecular complexity index is 1240. The summed E-state index contributed by atoms with van der Waals surface area (Å²) in [5, 5.41) is 19.9. The predicted molar refractivity (Wildman–Crippen MR) is 112 cm³/mol. The molecule has 2 heterocycles. The van der Waals surface area contributed by atoms with Crippen molar-refractivity contribution in [3.05, 3.63) is 79.5 Å². The summed E-state index contributed by atoms with van der Waals surface area (Å²) in [5.41, 5.74) is 6.82. The van der Waals surface area contributed by atoms with Gasteiger partial charge in [0.05, 0.1) is 21.1 Å². The minimum Gasteiger partial charge on any atom is -0.366 e. The number of carbonyl (C=O) groups is 1. The quantitative estimate of drug-likeness (QED) is 0.463. The molecule has 11 heteroatoms. The number of halogens is 2. The van der Waals surface area contributed by atoms with Gasteiger partial charge in [-0.15, -0.1) is 5.10 Å². The number of benzene rings is 2. The first-order valence-corrected chi connectivity index (χ1v) is 9.46. The number of nitrogens with one attached hydrogen (secondary N) is 1. The number of carbonyl (C=O) groups excluding carboxylic acids is 1. The summed E-state index contributed by atoms with van der Waals surface area (Å²) in [6.45, 7) is 1.65. The van der Waals surface area contributed by atoms with Gasteiger partial charge in [-0.1, -0.05) is 35.3 Å². The molecule has 1 amide bonds. The summed E-state index contributed by atoms with van der Waals surface area (Å²) in [4.78, 5) is 27.8. The van der Waals surface area contributed by atoms with Crippen LogP contribution in [0.25, 0.3) is 11.4 Å². The van der Waals surface area contributed by atoms with E-state index in [4.69, 9.17) is 28.9 Å². The zero-order chi connectivity index (χ0) is 21.6. The molecule has 1 aliphatic heterocycles. The molecule has 0 fully saturated rings. The third-order valence-electron chi connectivity index (χ3n) is 4.72. The van der Waals surface area contributed by atoms with E-state index in [0.29, 0.717) is 27.3 Å². The molecule has 4 rings (SSSR count). The number of primary amides is 1. The minimum absolute atomic E-state index is 0.149. The molecule has 0 radical (unpaired) electrons. The Morgan fingerprint density at radius 2 is 2.00 bits per heavy atom. The molecule has 152 valence electrons. The van der Waals surface area contributed by atoms with E-state index >= 15 is 0 Å². The van der Waals surface area contributed by atoms with E-state index in [2.05, 4.69) is 15.4 Å². The topological polar surface area (TPSA) is 129 Å². The van der Waals surface area contributed by atoms with Crippen LogP contribution in [-0.2, 0) is 4.79 Å². The van der Waals surface area contributed by atoms with Crippen molar-refractivity contribution in [2.75, 3.05) is 5.32 Å². The molecular formula is C19H14Cl2N6O3. The smallest absolute Gasteiger partial charge is 0.275 e. The number of nitro groups is 1. The lowest BCUT2D eigenvalue weighted by molar-refractivity contribution is -0.385. The average molecular weight is 445 g/mol. The van der Waals surface area contributed by atoms with E-state index in [0.717, 1.165) is 0 Å². The standard InChI is InChI=1S/C19H14Cl2N6O3/c1-9-15(17(22)28)16(12-4-2-3-5-14(12)27(29)30)26-19(23-9)24-18(25-26)11-7-6-10(20)8-13(11)21/h2-8,16H,1H3,(H2,22,28)(H,23,24,25). The number of para-hydroxylation sites is 1. The van der Waals surface area contributed by atoms with Crippen molar-refractivity contribution in [1.82, 2.24) is 14.8 Å². The number of anilines is 1. The van der Waals surface area contributed by atoms with Gasteiger partial charge in [0.25, 0.3) is 5.69 Å². The minimum atomic E-state index is -0.937. The van der Waals surface area contributed by atoms with Crippen LogP contribution in [0.3, 0.4) is 0 Å². The normalized spacial score (nSPS) is 15.5. The van der Waals surface area contributed by atoms with Gasteiger partial charge in [-0.25, -0.2) is 4.68 Å². The molecular weight excluding hydrogens is 431 g/mol. The van der Waals surface area contributed by atoms with E-state index in [1.165, 1.54) is 10.7 Å². The fourth-order valence-electron chi connectivity index (χ4n) is 3.43. The largest absolute Gasteiger partial charge is 0.366 e. The highest BCUT2D eigenvalue weighted by molar-refractivity contribution is 6.36. The second-order valence-corrected chi connectivity index (χ2v) is 7.42. The van der Waals surface area contributed by atoms with E-state index in [1.807, 2.05) is 0 Å². The Morgan fingerprint density at radius 1 is 1.27 bits per heavy atom. The van der Waals surface area contributed by atoms with Gasteiger partial charge in [-0.2, -0.15) is 4.98 Å². The SMILES string of the molecule is CC1=C(C(N)=O)C(c2ccccc2[N+](=O)[O-])n2nc(-c3ccc(Cl)cc3Cl)nc2N1. The van der Waals surface area contributed by atoms with Crippen molar-refractivity contribution in [2.24, 2.45) is 5.73 Å². The summed E-state index contributed by atoms with van der Waals surface area (Å²) in [6, 6.07) is 10.0. The summed E-state index contributed by atoms with van der Waals surface area (Å²) in [5.74, 6) is -0.168. The van der Waals surface area contributed by atoms with Gasteiger partial charge in [-0.3, -0.25) is 14.9 Å². The Labute approximate surface area is 180 Å². The maximum Gasteiger partial charge on any atom is 0.275 e. The van der Waals surface area contributed by atoms with Gasteiger partial charge in [-0.05, 0) is 31.2 Å². The van der Waals surface area contributed by atoms with Crippen LogP contribution < -0.4 is 11.1 Å². The summed E-state index contributed by atoms with van der Waals surface area (Å²) in [6.07, 6.45) is 0. The molecule has 0 saturated carbocycles. The van der Waals surface area contributed by atoms with Gasteiger partial charge in [0.1, 0.15) is 6.04 Å². The lowest BCUT2D eigenvalue weighted by Gasteiger charge is -2.27. The molecule has 0 bridgehead atoms. The molecule has 0 aliphatic carbocycles. The van der Waals surface area contributed by atoms with E-state index < -0.39 is 16.9 Å². The molecule has 0 saturated heterocycles. The number of fused-ring (bicyclic) bond motifs is 1. The van der Waals surface area contributed by atoms with Crippen molar-refractivity contribution in [1.29, 1.82) is 0 Å². The number of nitrogens with two attached hydrogens (primary N) is 1. The number of nitro benzene ring substituents is 1. The first kappa shape index (κ1) is 19.9. The molecule has 9 nitrogen and oxygen atoms in total. The van der Waals surface area contributed by atoms with Crippen LogP contribution in [0.1, 0.15) is 18.5 Å². The zero-order valence-electron chi connectivity index (χ0n) is 15.5. The number of aromatic nitrogens is 3. The van der Waals surface area contributed by atoms with Crippen LogP contribution in [0.4, 0.5) is 11.6 Å². The van der Waals surface area contributed by atoms with Crippen molar-refractivity contribution in [2.45, 2.75) is 13.0 Å². The third kappa shape index (κ3) is 3.27. The zero-order valence-corrected chi connectivity index (χ0v) is 17.0. The predicted octanol–water partition coefficient (Wildman–Crippen LogP) is 3.93. The maximum atomic E-state index is 12.3. The molecule has 1 atom stereocenters. The summed E-state index contributed by atoms with van der Waals surface area (Å²) >= 11 is 12.3. The molecule has 3 N–H and O–H groups in total. The molecule has 1 aromatic heterocycles. The van der Waals surface area contributed by atoms with Gasteiger partial charge in [0.15, 0.2) is 5.82 Å². The van der Waals surface area contributed by atoms with E-state index in [-0.39, 0.29) is 22.6 Å². The number of amides is 1. The average Bonchev–Trinajstić information content (AvgIpc) is 3.09. The number of allylic oxidation sites excluding steroid dienone is 1. The second kappa shape index (κ2) is 7.43. The summed E-state index contributed by atoms with van der Waals surface area (Å²) < 4.78 is 1.40. The lowest BCUT2D eigenvalue weighted by Crippen LogP contribution is -2.32. The number of nitrogens with zero attached hydrogens (tertiary/aromatic N) is 4. The van der Waals surface area contributed by atoms with E-state index in [1.54, 1.807) is 43.3 Å². The highest BCUT2D eigenvalue weighted by Gasteiger charge is 2.37. The number of rotatable bonds is 4. The molecule has 1 aliphatic rings. The van der Waals surface area contributed by atoms with Crippen molar-refractivity contribution < 1.29 is 9.72 Å². The Kier molecular flexibility index (Phi) is 4.92. The third-order valence-corrected chi connectivity index (χ3v) is 5.27. The molecule has 0 spiro atoms. The molecule has 3 aromatic rings. The highest BCUT2D eigenvalue weighted by Crippen LogP contribution is 2.40. The van der Waals surface area contributed by atoms with Gasteiger partial charge < -0.3 is 11.1 Å². The van der Waals surface area contributed by atoms with Crippen LogP contribution in [0, 0.1) is 10.1 Å². The Balaban J connectivity index is 1.95. The first-order chi connectivity index (χ1) is 14.3. The van der Waals surface area contributed by atoms with Crippen LogP contribution in [0.5, 0.6) is 0 Å². The fourth-order valence-corrected chi connectivity index (χ4v) is 3.92. The van der Waals surface area contributed by atoms with Gasteiger partial charge in [0, 0.05) is 22.3 Å². The Hall–Kier alpha value is -3.43. The van der Waals surface area contributed by atoms with Crippen molar-refractivity contribution in [3.8, 4) is 11.4 Å². The second-order valence-electron chi connectivity index (χ2n) is 6.57. The molecule has 30 heavy (non-hydrogen) atoms. The van der Waals surface area contributed by atoms with Gasteiger partial charge >= 0.3 is 0 Å². The Morgan fingerprint density at radius 3 is 2.67 bits per heavy atom. The number of hydrogen-bond donors (Lipinski definition) is 2. The fraction of sp³-hybridized carbons (Fsp3) is 0.105. The number of hydrogen-bond acceptors (Lipinski definition) is 6. The van der Waals surface area contributed by atoms with Crippen molar-refractivity contribution in [3.63, 3.8) is 0 Å². The van der Waals surface area contributed by atoms with Crippen LogP contribution >= 0.6 is 23.2 Å². The van der Waals surface area contributed by atoms with Gasteiger partial charge in [0.2, 0.25) is 11.9 Å². The van der Waals surface area contributed by atoms with Crippen LogP contribution in [0.2, 0.25) is 10.0 Å². The maximum absolute atomic E-state index is 12.3.